The van der Waals surface area contributed by atoms with Crippen molar-refractivity contribution < 1.29 is 4.84 Å². The Morgan fingerprint density at radius 2 is 2.27 bits per heavy atom. The predicted octanol–water partition coefficient (Wildman–Crippen LogP) is 2.15. The summed E-state index contributed by atoms with van der Waals surface area (Å²) in [6.45, 7) is 2.68. The van der Waals surface area contributed by atoms with Crippen LogP contribution in [0.2, 0.25) is 0 Å². The summed E-state index contributed by atoms with van der Waals surface area (Å²) in [6.07, 6.45) is 4.28. The van der Waals surface area contributed by atoms with E-state index in [-0.39, 0.29) is 0 Å². The molecule has 0 spiro atoms. The minimum atomic E-state index is 0.750. The monoisotopic (exact) mass is 173 g/mol. The van der Waals surface area contributed by atoms with E-state index in [9.17, 15) is 0 Å². The smallest absolute Gasteiger partial charge is 0.120 e. The molecule has 1 heterocycles. The molecule has 1 rings (SSSR count). The molecule has 0 amide bonds. The first-order chi connectivity index (χ1) is 5.43. The van der Waals surface area contributed by atoms with Crippen molar-refractivity contribution in [2.75, 3.05) is 18.1 Å². The summed E-state index contributed by atoms with van der Waals surface area (Å²) >= 11 is 2.04. The zero-order chi connectivity index (χ0) is 7.94. The maximum Gasteiger partial charge on any atom is 0.120 e. The van der Waals surface area contributed by atoms with E-state index in [1.807, 2.05) is 18.7 Å². The van der Waals surface area contributed by atoms with Crippen molar-refractivity contribution in [3.63, 3.8) is 0 Å². The van der Waals surface area contributed by atoms with Crippen molar-refractivity contribution in [2.24, 2.45) is 11.1 Å². The quantitative estimate of drug-likeness (QED) is 0.482. The first-order valence-electron chi connectivity index (χ1n) is 4.11. The molecule has 0 saturated carbocycles. The molecule has 0 N–H and O–H groups in total. The van der Waals surface area contributed by atoms with Gasteiger partial charge in [-0.05, 0) is 37.2 Å². The molecule has 0 aromatic rings. The summed E-state index contributed by atoms with van der Waals surface area (Å²) < 4.78 is 0. The molecule has 11 heavy (non-hydrogen) atoms. The molecule has 0 bridgehead atoms. The van der Waals surface area contributed by atoms with Crippen molar-refractivity contribution in [2.45, 2.75) is 19.8 Å². The van der Waals surface area contributed by atoms with Crippen molar-refractivity contribution in [3.8, 4) is 0 Å². The van der Waals surface area contributed by atoms with Gasteiger partial charge < -0.3 is 4.84 Å². The van der Waals surface area contributed by atoms with E-state index in [4.69, 9.17) is 4.84 Å². The fourth-order valence-electron chi connectivity index (χ4n) is 1.14. The summed E-state index contributed by atoms with van der Waals surface area (Å²) in [5, 5.41) is 3.73. The highest BCUT2D eigenvalue weighted by Gasteiger charge is 2.13. The second-order valence-corrected chi connectivity index (χ2v) is 3.94. The molecule has 3 heteroatoms. The molecule has 1 aliphatic heterocycles. The lowest BCUT2D eigenvalue weighted by molar-refractivity contribution is 0.105. The molecular formula is C8H15NOS. The predicted molar refractivity (Wildman–Crippen MR) is 50.2 cm³/mol. The Kier molecular flexibility index (Phi) is 4.43. The number of nitrogens with zero attached hydrogens (tertiary/aromatic N) is 1. The third-order valence-electron chi connectivity index (χ3n) is 1.83. The Bertz CT molecular complexity index is 121. The molecule has 2 nitrogen and oxygen atoms in total. The summed E-state index contributed by atoms with van der Waals surface area (Å²) in [4.78, 5) is 5.08. The van der Waals surface area contributed by atoms with Crippen LogP contribution >= 0.6 is 11.8 Å². The topological polar surface area (TPSA) is 21.6 Å². The van der Waals surface area contributed by atoms with E-state index >= 15 is 0 Å². The SMILES string of the molecule is C/C=N\OCC1CCSCC1. The van der Waals surface area contributed by atoms with Gasteiger partial charge in [0.1, 0.15) is 6.61 Å². The number of hydrogen-bond donors (Lipinski definition) is 0. The van der Waals surface area contributed by atoms with Crippen LogP contribution in [0.5, 0.6) is 0 Å². The zero-order valence-electron chi connectivity index (χ0n) is 6.95. The lowest BCUT2D eigenvalue weighted by atomic mass is 10.1. The first-order valence-corrected chi connectivity index (χ1v) is 5.26. The van der Waals surface area contributed by atoms with Gasteiger partial charge in [-0.15, -0.1) is 0 Å². The lowest BCUT2D eigenvalue weighted by Gasteiger charge is -2.19. The van der Waals surface area contributed by atoms with Gasteiger partial charge in [0.25, 0.3) is 0 Å². The fourth-order valence-corrected chi connectivity index (χ4v) is 2.34. The molecule has 0 radical (unpaired) electrons. The van der Waals surface area contributed by atoms with Crippen molar-refractivity contribution in [1.82, 2.24) is 0 Å². The average Bonchev–Trinajstić information content (AvgIpc) is 2.07. The molecule has 0 unspecified atom stereocenters. The highest BCUT2D eigenvalue weighted by Crippen LogP contribution is 2.22. The highest BCUT2D eigenvalue weighted by molar-refractivity contribution is 7.99. The Balaban J connectivity index is 2.04. The van der Waals surface area contributed by atoms with E-state index in [1.165, 1.54) is 24.3 Å². The molecule has 1 fully saturated rings. The van der Waals surface area contributed by atoms with E-state index in [0.717, 1.165) is 12.5 Å². The third kappa shape index (κ3) is 3.65. The van der Waals surface area contributed by atoms with E-state index < -0.39 is 0 Å². The average molecular weight is 173 g/mol. The molecule has 1 saturated heterocycles. The summed E-state index contributed by atoms with van der Waals surface area (Å²) in [7, 11) is 0. The Morgan fingerprint density at radius 3 is 2.91 bits per heavy atom. The van der Waals surface area contributed by atoms with Gasteiger partial charge in [-0.2, -0.15) is 11.8 Å². The first kappa shape index (κ1) is 8.91. The Hall–Kier alpha value is -0.180. The normalized spacial score (nSPS) is 20.8. The Morgan fingerprint density at radius 1 is 1.55 bits per heavy atom. The maximum atomic E-state index is 5.08. The van der Waals surface area contributed by atoms with Gasteiger partial charge in [-0.25, -0.2) is 0 Å². The minimum absolute atomic E-state index is 0.750. The van der Waals surface area contributed by atoms with Crippen LogP contribution in [0.1, 0.15) is 19.8 Å². The van der Waals surface area contributed by atoms with Gasteiger partial charge in [0.05, 0.1) is 0 Å². The standard InChI is InChI=1S/C8H15NOS/c1-2-9-10-7-8-3-5-11-6-4-8/h2,8H,3-7H2,1H3/b9-2-. The maximum absolute atomic E-state index is 5.08. The van der Waals surface area contributed by atoms with Gasteiger partial charge >= 0.3 is 0 Å². The van der Waals surface area contributed by atoms with Crippen molar-refractivity contribution in [1.29, 1.82) is 0 Å². The highest BCUT2D eigenvalue weighted by atomic mass is 32.2. The van der Waals surface area contributed by atoms with Gasteiger partial charge in [0.2, 0.25) is 0 Å². The van der Waals surface area contributed by atoms with Gasteiger partial charge in [-0.1, -0.05) is 5.16 Å². The van der Waals surface area contributed by atoms with E-state index in [1.54, 1.807) is 6.21 Å². The van der Waals surface area contributed by atoms with Gasteiger partial charge in [-0.3, -0.25) is 0 Å². The molecule has 64 valence electrons. The molecule has 0 aromatic carbocycles. The number of oxime groups is 1. The van der Waals surface area contributed by atoms with Gasteiger partial charge in [0, 0.05) is 6.21 Å². The third-order valence-corrected chi connectivity index (χ3v) is 2.88. The summed E-state index contributed by atoms with van der Waals surface area (Å²) in [6, 6.07) is 0. The fraction of sp³-hybridized carbons (Fsp3) is 0.875. The molecule has 0 atom stereocenters. The van der Waals surface area contributed by atoms with Crippen LogP contribution in [0.15, 0.2) is 5.16 Å². The van der Waals surface area contributed by atoms with Gasteiger partial charge in [0.15, 0.2) is 0 Å². The minimum Gasteiger partial charge on any atom is -0.396 e. The summed E-state index contributed by atoms with van der Waals surface area (Å²) in [5.41, 5.74) is 0. The summed E-state index contributed by atoms with van der Waals surface area (Å²) in [5.74, 6) is 3.34. The van der Waals surface area contributed by atoms with Crippen LogP contribution < -0.4 is 0 Å². The zero-order valence-corrected chi connectivity index (χ0v) is 7.77. The van der Waals surface area contributed by atoms with Crippen molar-refractivity contribution >= 4 is 18.0 Å². The van der Waals surface area contributed by atoms with Crippen LogP contribution in [0, 0.1) is 5.92 Å². The lowest BCUT2D eigenvalue weighted by Crippen LogP contribution is -2.14. The van der Waals surface area contributed by atoms with E-state index in [2.05, 4.69) is 5.16 Å². The number of hydrogen-bond acceptors (Lipinski definition) is 3. The van der Waals surface area contributed by atoms with E-state index in [0.29, 0.717) is 0 Å². The molecule has 1 aliphatic rings. The number of thioether (sulfide) groups is 1. The van der Waals surface area contributed by atoms with Crippen molar-refractivity contribution in [3.05, 3.63) is 0 Å². The molecule has 0 aromatic heterocycles. The number of rotatable bonds is 3. The molecule has 0 aliphatic carbocycles. The second-order valence-electron chi connectivity index (χ2n) is 2.72. The second kappa shape index (κ2) is 5.47. The van der Waals surface area contributed by atoms with Crippen LogP contribution in [0.3, 0.4) is 0 Å². The van der Waals surface area contributed by atoms with Crippen LogP contribution in [0.25, 0.3) is 0 Å². The Labute approximate surface area is 72.4 Å². The van der Waals surface area contributed by atoms with Crippen LogP contribution in [0.4, 0.5) is 0 Å². The largest absolute Gasteiger partial charge is 0.396 e. The molecular weight excluding hydrogens is 158 g/mol. The van der Waals surface area contributed by atoms with Crippen LogP contribution in [-0.2, 0) is 4.84 Å². The van der Waals surface area contributed by atoms with Crippen LogP contribution in [-0.4, -0.2) is 24.3 Å².